The second-order valence-electron chi connectivity index (χ2n) is 5.49. The van der Waals surface area contributed by atoms with E-state index < -0.39 is 11.7 Å². The van der Waals surface area contributed by atoms with Crippen molar-refractivity contribution >= 4 is 0 Å². The molecular formula is C12H22O2. The number of rotatable bonds is 3. The van der Waals surface area contributed by atoms with Crippen molar-refractivity contribution < 1.29 is 10.2 Å². The van der Waals surface area contributed by atoms with Gasteiger partial charge in [0.2, 0.25) is 0 Å². The Labute approximate surface area is 86.3 Å². The number of aliphatic hydroxyl groups excluding tert-OH is 1. The summed E-state index contributed by atoms with van der Waals surface area (Å²) in [6, 6.07) is 0. The van der Waals surface area contributed by atoms with Crippen LogP contribution in [0.25, 0.3) is 0 Å². The maximum Gasteiger partial charge on any atom is 0.0877 e. The average Bonchev–Trinajstić information content (AvgIpc) is 2.77. The van der Waals surface area contributed by atoms with Crippen LogP contribution in [0.15, 0.2) is 0 Å². The Bertz CT molecular complexity index is 212. The van der Waals surface area contributed by atoms with Crippen LogP contribution in [-0.4, -0.2) is 21.9 Å². The van der Waals surface area contributed by atoms with Crippen molar-refractivity contribution in [3.8, 4) is 0 Å². The van der Waals surface area contributed by atoms with Crippen molar-refractivity contribution in [2.75, 3.05) is 0 Å². The molecule has 2 fully saturated rings. The molecule has 0 heterocycles. The van der Waals surface area contributed by atoms with Gasteiger partial charge in [-0.3, -0.25) is 0 Å². The van der Waals surface area contributed by atoms with Gasteiger partial charge >= 0.3 is 0 Å². The molecule has 2 heteroatoms. The van der Waals surface area contributed by atoms with Crippen LogP contribution in [0, 0.1) is 17.8 Å². The number of fused-ring (bicyclic) bond motifs is 2. The van der Waals surface area contributed by atoms with Gasteiger partial charge in [-0.15, -0.1) is 0 Å². The third-order valence-electron chi connectivity index (χ3n) is 4.55. The number of aliphatic hydroxyl groups is 2. The molecule has 2 bridgehead atoms. The molecule has 0 aromatic heterocycles. The Morgan fingerprint density at radius 3 is 2.50 bits per heavy atom. The Morgan fingerprint density at radius 1 is 1.36 bits per heavy atom. The summed E-state index contributed by atoms with van der Waals surface area (Å²) in [7, 11) is 0. The van der Waals surface area contributed by atoms with Gasteiger partial charge < -0.3 is 10.2 Å². The summed E-state index contributed by atoms with van der Waals surface area (Å²) in [5.74, 6) is 1.89. The molecule has 0 aromatic carbocycles. The first-order valence-corrected chi connectivity index (χ1v) is 5.95. The third-order valence-corrected chi connectivity index (χ3v) is 4.55. The van der Waals surface area contributed by atoms with Gasteiger partial charge in [-0.2, -0.15) is 0 Å². The normalized spacial score (nSPS) is 42.4. The molecule has 0 spiro atoms. The first-order valence-electron chi connectivity index (χ1n) is 5.95. The number of hydrogen-bond donors (Lipinski definition) is 2. The molecule has 2 N–H and O–H groups in total. The third kappa shape index (κ3) is 1.59. The molecule has 14 heavy (non-hydrogen) atoms. The zero-order valence-corrected chi connectivity index (χ0v) is 9.24. The predicted octanol–water partition coefficient (Wildman–Crippen LogP) is 1.94. The predicted molar refractivity (Wildman–Crippen MR) is 55.9 cm³/mol. The maximum absolute atomic E-state index is 10.1. The molecule has 2 rings (SSSR count). The van der Waals surface area contributed by atoms with Gasteiger partial charge in [-0.1, -0.05) is 13.3 Å². The lowest BCUT2D eigenvalue weighted by Gasteiger charge is -2.36. The second-order valence-corrected chi connectivity index (χ2v) is 5.49. The zero-order valence-electron chi connectivity index (χ0n) is 9.24. The van der Waals surface area contributed by atoms with Crippen LogP contribution < -0.4 is 0 Å². The van der Waals surface area contributed by atoms with E-state index in [4.69, 9.17) is 0 Å². The quantitative estimate of drug-likeness (QED) is 0.727. The molecule has 5 unspecified atom stereocenters. The Balaban J connectivity index is 2.02. The van der Waals surface area contributed by atoms with Gasteiger partial charge in [0.05, 0.1) is 11.7 Å². The first-order chi connectivity index (χ1) is 6.54. The molecule has 2 aliphatic carbocycles. The highest BCUT2D eigenvalue weighted by Gasteiger charge is 2.47. The zero-order chi connectivity index (χ0) is 10.3. The maximum atomic E-state index is 10.1. The second kappa shape index (κ2) is 3.49. The standard InChI is InChI=1S/C12H22O2/c1-3-12(2,14)11(13)10-7-8-4-5-9(10)6-8/h8-11,13-14H,3-7H2,1-2H3. The van der Waals surface area contributed by atoms with E-state index in [-0.39, 0.29) is 0 Å². The molecule has 2 saturated carbocycles. The van der Waals surface area contributed by atoms with E-state index in [0.717, 1.165) is 12.3 Å². The van der Waals surface area contributed by atoms with Crippen LogP contribution in [0.3, 0.4) is 0 Å². The lowest BCUT2D eigenvalue weighted by Crippen LogP contribution is -2.45. The van der Waals surface area contributed by atoms with E-state index in [1.165, 1.54) is 19.3 Å². The summed E-state index contributed by atoms with van der Waals surface area (Å²) in [4.78, 5) is 0. The van der Waals surface area contributed by atoms with E-state index in [1.807, 2.05) is 6.92 Å². The SMILES string of the molecule is CCC(C)(O)C(O)C1CC2CCC1C2. The molecule has 0 aromatic rings. The van der Waals surface area contributed by atoms with Crippen LogP contribution in [0.4, 0.5) is 0 Å². The molecule has 0 aliphatic heterocycles. The summed E-state index contributed by atoms with van der Waals surface area (Å²) in [5, 5.41) is 20.2. The van der Waals surface area contributed by atoms with E-state index >= 15 is 0 Å². The van der Waals surface area contributed by atoms with Gasteiger partial charge in [0.15, 0.2) is 0 Å². The van der Waals surface area contributed by atoms with Crippen molar-refractivity contribution in [3.63, 3.8) is 0 Å². The summed E-state index contributed by atoms with van der Waals surface area (Å²) >= 11 is 0. The Morgan fingerprint density at radius 2 is 2.07 bits per heavy atom. The van der Waals surface area contributed by atoms with Crippen LogP contribution in [0.2, 0.25) is 0 Å². The highest BCUT2D eigenvalue weighted by molar-refractivity contribution is 4.97. The summed E-state index contributed by atoms with van der Waals surface area (Å²) in [5.41, 5.74) is -0.880. The minimum absolute atomic E-state index is 0.365. The van der Waals surface area contributed by atoms with Gasteiger partial charge in [-0.05, 0) is 50.4 Å². The molecule has 0 saturated heterocycles. The summed E-state index contributed by atoms with van der Waals surface area (Å²) < 4.78 is 0. The highest BCUT2D eigenvalue weighted by atomic mass is 16.3. The number of hydrogen-bond acceptors (Lipinski definition) is 2. The fourth-order valence-corrected chi connectivity index (χ4v) is 3.35. The first kappa shape index (κ1) is 10.4. The fourth-order valence-electron chi connectivity index (χ4n) is 3.35. The highest BCUT2D eigenvalue weighted by Crippen LogP contribution is 2.51. The molecule has 0 radical (unpaired) electrons. The molecule has 2 aliphatic rings. The van der Waals surface area contributed by atoms with Gasteiger partial charge in [0, 0.05) is 0 Å². The van der Waals surface area contributed by atoms with Crippen molar-refractivity contribution in [3.05, 3.63) is 0 Å². The van der Waals surface area contributed by atoms with Crippen LogP contribution in [0.1, 0.15) is 46.0 Å². The van der Waals surface area contributed by atoms with Crippen LogP contribution >= 0.6 is 0 Å². The largest absolute Gasteiger partial charge is 0.390 e. The van der Waals surface area contributed by atoms with Crippen LogP contribution in [0.5, 0.6) is 0 Å². The van der Waals surface area contributed by atoms with Crippen molar-refractivity contribution in [2.45, 2.75) is 57.7 Å². The van der Waals surface area contributed by atoms with E-state index in [0.29, 0.717) is 18.3 Å². The molecule has 0 amide bonds. The van der Waals surface area contributed by atoms with Crippen molar-refractivity contribution in [1.82, 2.24) is 0 Å². The van der Waals surface area contributed by atoms with Gasteiger partial charge in [-0.25, -0.2) is 0 Å². The van der Waals surface area contributed by atoms with Crippen molar-refractivity contribution in [2.24, 2.45) is 17.8 Å². The average molecular weight is 198 g/mol. The smallest absolute Gasteiger partial charge is 0.0877 e. The molecule has 2 nitrogen and oxygen atoms in total. The van der Waals surface area contributed by atoms with E-state index in [2.05, 4.69) is 0 Å². The lowest BCUT2D eigenvalue weighted by atomic mass is 9.77. The van der Waals surface area contributed by atoms with Gasteiger partial charge in [0.1, 0.15) is 0 Å². The Hall–Kier alpha value is -0.0800. The van der Waals surface area contributed by atoms with Gasteiger partial charge in [0.25, 0.3) is 0 Å². The molecule has 5 atom stereocenters. The van der Waals surface area contributed by atoms with E-state index in [1.54, 1.807) is 6.92 Å². The van der Waals surface area contributed by atoms with Crippen LogP contribution in [-0.2, 0) is 0 Å². The molecule has 82 valence electrons. The topological polar surface area (TPSA) is 40.5 Å². The van der Waals surface area contributed by atoms with Crippen molar-refractivity contribution in [1.29, 1.82) is 0 Å². The molecular weight excluding hydrogens is 176 g/mol. The summed E-state index contributed by atoms with van der Waals surface area (Å²) in [6.45, 7) is 3.71. The lowest BCUT2D eigenvalue weighted by molar-refractivity contribution is -0.101. The van der Waals surface area contributed by atoms with E-state index in [9.17, 15) is 10.2 Å². The monoisotopic (exact) mass is 198 g/mol. The summed E-state index contributed by atoms with van der Waals surface area (Å²) in [6.07, 6.45) is 5.18. The Kier molecular flexibility index (Phi) is 2.61. The minimum atomic E-state index is -0.880. The minimum Gasteiger partial charge on any atom is -0.390 e. The fraction of sp³-hybridized carbons (Fsp3) is 1.00.